The summed E-state index contributed by atoms with van der Waals surface area (Å²) >= 11 is 0. The lowest BCUT2D eigenvalue weighted by Crippen LogP contribution is -2.31. The van der Waals surface area contributed by atoms with Crippen LogP contribution in [0.4, 0.5) is 5.69 Å². The summed E-state index contributed by atoms with van der Waals surface area (Å²) in [6, 6.07) is 6.01. The Morgan fingerprint density at radius 3 is 2.93 bits per heavy atom. The number of aromatic nitrogens is 5. The monoisotopic (exact) mass is 403 g/mol. The van der Waals surface area contributed by atoms with Crippen LogP contribution in [0.1, 0.15) is 18.4 Å². The summed E-state index contributed by atoms with van der Waals surface area (Å²) in [4.78, 5) is 27.8. The van der Waals surface area contributed by atoms with Crippen molar-refractivity contribution in [2.45, 2.75) is 19.8 Å². The molecule has 4 aromatic rings. The summed E-state index contributed by atoms with van der Waals surface area (Å²) in [5.41, 5.74) is 4.99. The van der Waals surface area contributed by atoms with Crippen LogP contribution in [0.15, 0.2) is 47.9 Å². The highest BCUT2D eigenvalue weighted by molar-refractivity contribution is 5.86. The van der Waals surface area contributed by atoms with Crippen molar-refractivity contribution in [1.29, 1.82) is 0 Å². The van der Waals surface area contributed by atoms with Crippen LogP contribution >= 0.6 is 0 Å². The lowest BCUT2D eigenvalue weighted by Gasteiger charge is -2.23. The van der Waals surface area contributed by atoms with Crippen LogP contribution < -0.4 is 16.2 Å². The number of piperidine rings is 1. The largest absolute Gasteiger partial charge is 0.384 e. The Hall–Kier alpha value is -3.39. The van der Waals surface area contributed by atoms with Gasteiger partial charge in [-0.2, -0.15) is 0 Å². The van der Waals surface area contributed by atoms with E-state index in [0.717, 1.165) is 60.4 Å². The van der Waals surface area contributed by atoms with Gasteiger partial charge in [0, 0.05) is 30.8 Å². The third-order valence-corrected chi connectivity index (χ3v) is 5.80. The van der Waals surface area contributed by atoms with Gasteiger partial charge in [0.15, 0.2) is 0 Å². The molecule has 30 heavy (non-hydrogen) atoms. The fourth-order valence-electron chi connectivity index (χ4n) is 4.15. The maximum Gasteiger partial charge on any atom is 0.261 e. The third-order valence-electron chi connectivity index (χ3n) is 5.80. The van der Waals surface area contributed by atoms with E-state index in [1.165, 1.54) is 0 Å². The van der Waals surface area contributed by atoms with Crippen LogP contribution in [0.3, 0.4) is 0 Å². The number of anilines is 1. The normalized spacial score (nSPS) is 15.0. The van der Waals surface area contributed by atoms with E-state index >= 15 is 0 Å². The molecule has 0 aliphatic carbocycles. The number of benzene rings is 1. The fraction of sp³-hybridized carbons (Fsp3) is 0.318. The molecule has 0 saturated carbocycles. The summed E-state index contributed by atoms with van der Waals surface area (Å²) < 4.78 is 1.95. The van der Waals surface area contributed by atoms with Gasteiger partial charge in [0.1, 0.15) is 11.4 Å². The molecule has 8 nitrogen and oxygen atoms in total. The minimum absolute atomic E-state index is 0.156. The van der Waals surface area contributed by atoms with Crippen molar-refractivity contribution in [2.75, 3.05) is 25.0 Å². The molecule has 1 aliphatic heterocycles. The lowest BCUT2D eigenvalue weighted by molar-refractivity contribution is 0.390. The van der Waals surface area contributed by atoms with Crippen molar-refractivity contribution >= 4 is 16.7 Å². The smallest absolute Gasteiger partial charge is 0.261 e. The predicted molar refractivity (Wildman–Crippen MR) is 118 cm³/mol. The molecule has 1 saturated heterocycles. The van der Waals surface area contributed by atoms with E-state index in [4.69, 9.17) is 4.98 Å². The molecule has 1 fully saturated rings. The van der Waals surface area contributed by atoms with Gasteiger partial charge in [-0.15, -0.1) is 0 Å². The maximum absolute atomic E-state index is 12.7. The Balaban J connectivity index is 1.51. The van der Waals surface area contributed by atoms with E-state index in [1.54, 1.807) is 18.7 Å². The molecular formula is C22H25N7O. The molecule has 1 aliphatic rings. The molecule has 154 valence electrons. The van der Waals surface area contributed by atoms with E-state index in [-0.39, 0.29) is 5.56 Å². The summed E-state index contributed by atoms with van der Waals surface area (Å²) in [5, 5.41) is 6.89. The summed E-state index contributed by atoms with van der Waals surface area (Å²) in [6.45, 7) is 4.98. The van der Waals surface area contributed by atoms with Crippen molar-refractivity contribution in [3.05, 3.63) is 59.0 Å². The molecule has 4 heterocycles. The van der Waals surface area contributed by atoms with E-state index in [9.17, 15) is 4.79 Å². The molecule has 8 heteroatoms. The highest BCUT2D eigenvalue weighted by atomic mass is 16.1. The topological polar surface area (TPSA) is 103 Å². The van der Waals surface area contributed by atoms with Gasteiger partial charge in [-0.05, 0) is 62.5 Å². The van der Waals surface area contributed by atoms with E-state index in [0.29, 0.717) is 17.3 Å². The number of rotatable bonds is 5. The van der Waals surface area contributed by atoms with Crippen LogP contribution in [0.5, 0.6) is 0 Å². The van der Waals surface area contributed by atoms with Crippen LogP contribution in [0, 0.1) is 12.8 Å². The third kappa shape index (κ3) is 3.50. The summed E-state index contributed by atoms with van der Waals surface area (Å²) in [7, 11) is 0. The molecular weight excluding hydrogens is 378 g/mol. The van der Waals surface area contributed by atoms with Gasteiger partial charge >= 0.3 is 0 Å². The Bertz CT molecular complexity index is 1220. The van der Waals surface area contributed by atoms with Crippen LogP contribution in [0.2, 0.25) is 0 Å². The molecule has 0 radical (unpaired) electrons. The number of H-pyrrole nitrogens is 2. The average Bonchev–Trinajstić information content (AvgIpc) is 3.43. The zero-order chi connectivity index (χ0) is 20.5. The molecule has 0 amide bonds. The van der Waals surface area contributed by atoms with Crippen LogP contribution in [-0.4, -0.2) is 44.1 Å². The first-order valence-electron chi connectivity index (χ1n) is 10.3. The number of nitrogens with one attached hydrogen (secondary N) is 4. The Labute approximate surface area is 173 Å². The first kappa shape index (κ1) is 18.6. The van der Waals surface area contributed by atoms with Gasteiger partial charge in [-0.3, -0.25) is 4.79 Å². The fourth-order valence-corrected chi connectivity index (χ4v) is 4.15. The minimum atomic E-state index is -0.156. The highest BCUT2D eigenvalue weighted by Gasteiger charge is 2.18. The second kappa shape index (κ2) is 7.79. The molecule has 0 spiro atoms. The summed E-state index contributed by atoms with van der Waals surface area (Å²) in [5.74, 6) is 1.18. The zero-order valence-corrected chi connectivity index (χ0v) is 16.9. The number of fused-ring (bicyclic) bond motifs is 1. The molecule has 3 aromatic heterocycles. The molecule has 0 unspecified atom stereocenters. The first-order valence-corrected chi connectivity index (χ1v) is 10.3. The standard InChI is InChI=1S/C22H25N7O/c1-14-10-16(29-9-8-24-13-29)11-18-20(14)28-21(27-18)19-17(4-7-25-22(19)30)26-12-15-2-5-23-6-3-15/h4,7-11,13,15,23H,2-3,5-6,12H2,1H3,(H,27,28)(H2,25,26,30). The number of hydrogen-bond donors (Lipinski definition) is 4. The van der Waals surface area contributed by atoms with Gasteiger partial charge in [0.25, 0.3) is 5.56 Å². The van der Waals surface area contributed by atoms with Crippen molar-refractivity contribution in [3.8, 4) is 17.1 Å². The lowest BCUT2D eigenvalue weighted by atomic mass is 9.98. The SMILES string of the molecule is Cc1cc(-n2ccnc2)cc2[nH]c(-c3c(NCC4CCNCC4)cc[nH]c3=O)nc12. The van der Waals surface area contributed by atoms with E-state index in [2.05, 4.69) is 31.7 Å². The van der Waals surface area contributed by atoms with Gasteiger partial charge in [0.2, 0.25) is 0 Å². The van der Waals surface area contributed by atoms with Crippen LogP contribution in [-0.2, 0) is 0 Å². The Kier molecular flexibility index (Phi) is 4.84. The number of hydrogen-bond acceptors (Lipinski definition) is 5. The van der Waals surface area contributed by atoms with E-state index in [1.807, 2.05) is 29.8 Å². The molecule has 4 N–H and O–H groups in total. The minimum Gasteiger partial charge on any atom is -0.384 e. The van der Waals surface area contributed by atoms with Crippen LogP contribution in [0.25, 0.3) is 28.1 Å². The zero-order valence-electron chi connectivity index (χ0n) is 16.9. The molecule has 1 aromatic carbocycles. The first-order chi connectivity index (χ1) is 14.7. The molecule has 0 atom stereocenters. The summed E-state index contributed by atoms with van der Waals surface area (Å²) in [6.07, 6.45) is 9.40. The number of aryl methyl sites for hydroxylation is 1. The maximum atomic E-state index is 12.7. The van der Waals surface area contributed by atoms with E-state index < -0.39 is 0 Å². The van der Waals surface area contributed by atoms with Crippen molar-refractivity contribution in [1.82, 2.24) is 29.8 Å². The Morgan fingerprint density at radius 2 is 2.13 bits per heavy atom. The van der Waals surface area contributed by atoms with Gasteiger partial charge in [0.05, 0.1) is 23.0 Å². The highest BCUT2D eigenvalue weighted by Crippen LogP contribution is 2.28. The van der Waals surface area contributed by atoms with Crippen molar-refractivity contribution in [3.63, 3.8) is 0 Å². The van der Waals surface area contributed by atoms with Gasteiger partial charge in [-0.25, -0.2) is 9.97 Å². The van der Waals surface area contributed by atoms with Gasteiger partial charge < -0.3 is 25.2 Å². The van der Waals surface area contributed by atoms with Crippen molar-refractivity contribution < 1.29 is 0 Å². The predicted octanol–water partition coefficient (Wildman–Crippen LogP) is 2.82. The quantitative estimate of drug-likeness (QED) is 0.410. The molecule has 0 bridgehead atoms. The number of imidazole rings is 2. The number of pyridine rings is 1. The Morgan fingerprint density at radius 1 is 1.27 bits per heavy atom. The average molecular weight is 403 g/mol. The molecule has 5 rings (SSSR count). The second-order valence-corrected chi connectivity index (χ2v) is 7.88. The van der Waals surface area contributed by atoms with Crippen molar-refractivity contribution in [2.24, 2.45) is 5.92 Å². The number of aromatic amines is 2. The number of nitrogens with zero attached hydrogens (tertiary/aromatic N) is 3. The second-order valence-electron chi connectivity index (χ2n) is 7.88. The van der Waals surface area contributed by atoms with Gasteiger partial charge in [-0.1, -0.05) is 0 Å².